The Hall–Kier alpha value is 0.177. The first-order valence-electron chi connectivity index (χ1n) is 6.16. The van der Waals surface area contributed by atoms with E-state index in [1.807, 2.05) is 0 Å². The Bertz CT molecular complexity index is 201. The summed E-state index contributed by atoms with van der Waals surface area (Å²) in [6.45, 7) is 8.18. The molecule has 0 aliphatic carbocycles. The van der Waals surface area contributed by atoms with Crippen LogP contribution in [0.2, 0.25) is 18.1 Å². The van der Waals surface area contributed by atoms with E-state index < -0.39 is 8.32 Å². The first-order valence-corrected chi connectivity index (χ1v) is 8.69. The van der Waals surface area contributed by atoms with E-state index in [0.29, 0.717) is 5.41 Å². The summed E-state index contributed by atoms with van der Waals surface area (Å²) in [5.74, 6) is 0.840. The summed E-state index contributed by atoms with van der Waals surface area (Å²) in [4.78, 5) is 0. The van der Waals surface area contributed by atoms with Gasteiger partial charge in [-0.2, -0.15) is 0 Å². The molecule has 82 valence electrons. The van der Waals surface area contributed by atoms with Gasteiger partial charge in [0.25, 0.3) is 0 Å². The Morgan fingerprint density at radius 1 is 1.07 bits per heavy atom. The van der Waals surface area contributed by atoms with Crippen LogP contribution < -0.4 is 0 Å². The molecule has 0 aromatic rings. The third-order valence-corrected chi connectivity index (χ3v) is 8.74. The molecule has 2 aliphatic rings. The Morgan fingerprint density at radius 3 is 2.21 bits per heavy atom. The molecule has 2 heteroatoms. The molecule has 0 saturated carbocycles. The Kier molecular flexibility index (Phi) is 2.78. The van der Waals surface area contributed by atoms with Gasteiger partial charge in [0.1, 0.15) is 0 Å². The summed E-state index contributed by atoms with van der Waals surface area (Å²) in [5.41, 5.74) is 0.466. The maximum Gasteiger partial charge on any atom is 0.193 e. The van der Waals surface area contributed by atoms with Crippen LogP contribution in [0.1, 0.15) is 40.0 Å². The fraction of sp³-hybridized carbons (Fsp3) is 1.00. The van der Waals surface area contributed by atoms with Crippen LogP contribution in [0.5, 0.6) is 0 Å². The van der Waals surface area contributed by atoms with Crippen molar-refractivity contribution in [3.8, 4) is 0 Å². The molecule has 0 unspecified atom stereocenters. The van der Waals surface area contributed by atoms with E-state index in [1.165, 1.54) is 37.4 Å². The minimum absolute atomic E-state index is 0.466. The second kappa shape index (κ2) is 3.64. The van der Waals surface area contributed by atoms with Gasteiger partial charge < -0.3 is 4.43 Å². The zero-order valence-corrected chi connectivity index (χ0v) is 10.9. The predicted octanol–water partition coefficient (Wildman–Crippen LogP) is 3.81. The quantitative estimate of drug-likeness (QED) is 0.555. The largest absolute Gasteiger partial charge is 0.416 e. The van der Waals surface area contributed by atoms with Crippen molar-refractivity contribution in [3.05, 3.63) is 0 Å². The number of rotatable bonds is 0. The molecule has 0 aromatic carbocycles. The highest BCUT2D eigenvalue weighted by Gasteiger charge is 2.46. The summed E-state index contributed by atoms with van der Waals surface area (Å²) in [6.07, 6.45) is 4.35. The molecule has 2 rings (SSSR count). The lowest BCUT2D eigenvalue weighted by Gasteiger charge is -2.31. The molecule has 0 aromatic heterocycles. The molecule has 1 spiro atoms. The van der Waals surface area contributed by atoms with Crippen LogP contribution in [0.25, 0.3) is 0 Å². The lowest BCUT2D eigenvalue weighted by Crippen LogP contribution is -2.36. The van der Waals surface area contributed by atoms with Gasteiger partial charge in [-0.3, -0.25) is 0 Å². The summed E-state index contributed by atoms with van der Waals surface area (Å²) in [6, 6.07) is 4.37. The van der Waals surface area contributed by atoms with E-state index >= 15 is 0 Å². The van der Waals surface area contributed by atoms with Crippen molar-refractivity contribution in [1.82, 2.24) is 0 Å². The molecular formula is C12H24OSi. The van der Waals surface area contributed by atoms with Crippen molar-refractivity contribution in [2.45, 2.75) is 58.2 Å². The van der Waals surface area contributed by atoms with Crippen molar-refractivity contribution in [1.29, 1.82) is 0 Å². The van der Waals surface area contributed by atoms with Crippen LogP contribution in [0.15, 0.2) is 0 Å². The Labute approximate surface area is 89.4 Å². The average molecular weight is 212 g/mol. The van der Waals surface area contributed by atoms with E-state index in [1.54, 1.807) is 0 Å². The Morgan fingerprint density at radius 2 is 1.71 bits per heavy atom. The van der Waals surface area contributed by atoms with Gasteiger partial charge in [-0.05, 0) is 29.5 Å². The molecule has 0 N–H and O–H groups in total. The van der Waals surface area contributed by atoms with Crippen molar-refractivity contribution in [2.24, 2.45) is 11.3 Å². The van der Waals surface area contributed by atoms with Gasteiger partial charge in [-0.1, -0.05) is 40.0 Å². The molecule has 1 nitrogen and oxygen atoms in total. The smallest absolute Gasteiger partial charge is 0.193 e. The van der Waals surface area contributed by atoms with Crippen LogP contribution in [-0.2, 0) is 4.43 Å². The summed E-state index contributed by atoms with van der Waals surface area (Å²) >= 11 is 0. The molecule has 1 atom stereocenters. The zero-order chi connectivity index (χ0) is 10.2. The van der Waals surface area contributed by atoms with Crippen LogP contribution in [0, 0.1) is 11.3 Å². The van der Waals surface area contributed by atoms with Crippen LogP contribution >= 0.6 is 0 Å². The summed E-state index contributed by atoms with van der Waals surface area (Å²) < 4.78 is 6.26. The van der Waals surface area contributed by atoms with Gasteiger partial charge in [0.15, 0.2) is 8.32 Å². The predicted molar refractivity (Wildman–Crippen MR) is 62.9 cm³/mol. The maximum atomic E-state index is 6.26. The van der Waals surface area contributed by atoms with Crippen LogP contribution in [0.4, 0.5) is 0 Å². The second-order valence-corrected chi connectivity index (χ2v) is 10.4. The van der Waals surface area contributed by atoms with Gasteiger partial charge in [-0.15, -0.1) is 0 Å². The average Bonchev–Trinajstić information content (AvgIpc) is 2.50. The molecular weight excluding hydrogens is 188 g/mol. The first-order chi connectivity index (χ1) is 6.52. The van der Waals surface area contributed by atoms with Gasteiger partial charge in [0.05, 0.1) is 0 Å². The fourth-order valence-corrected chi connectivity index (χ4v) is 7.98. The van der Waals surface area contributed by atoms with E-state index in [4.69, 9.17) is 4.43 Å². The van der Waals surface area contributed by atoms with Crippen LogP contribution in [-0.4, -0.2) is 14.9 Å². The standard InChI is InChI=1S/C12H24OSi/c1-12(2,3)11-9-13-14(10-11)7-5-4-6-8-14/h11H,4-10H2,1-3H3/t11-/m1/s1. The van der Waals surface area contributed by atoms with Gasteiger partial charge >= 0.3 is 0 Å². The monoisotopic (exact) mass is 212 g/mol. The fourth-order valence-electron chi connectivity index (χ4n) is 2.95. The zero-order valence-electron chi connectivity index (χ0n) is 9.94. The topological polar surface area (TPSA) is 9.23 Å². The highest BCUT2D eigenvalue weighted by atomic mass is 28.4. The minimum Gasteiger partial charge on any atom is -0.416 e. The van der Waals surface area contributed by atoms with Crippen molar-refractivity contribution in [3.63, 3.8) is 0 Å². The first kappa shape index (κ1) is 10.7. The Balaban J connectivity index is 1.99. The highest BCUT2D eigenvalue weighted by molar-refractivity contribution is 6.74. The molecule has 2 fully saturated rings. The third-order valence-electron chi connectivity index (χ3n) is 4.20. The van der Waals surface area contributed by atoms with Gasteiger partial charge in [-0.25, -0.2) is 0 Å². The van der Waals surface area contributed by atoms with Crippen molar-refractivity contribution in [2.75, 3.05) is 6.61 Å². The molecule has 2 heterocycles. The van der Waals surface area contributed by atoms with Crippen molar-refractivity contribution < 1.29 is 4.43 Å². The van der Waals surface area contributed by atoms with E-state index in [0.717, 1.165) is 12.5 Å². The van der Waals surface area contributed by atoms with Gasteiger partial charge in [0, 0.05) is 6.61 Å². The molecule has 2 saturated heterocycles. The molecule has 0 bridgehead atoms. The normalized spacial score (nSPS) is 32.4. The van der Waals surface area contributed by atoms with Crippen molar-refractivity contribution >= 4 is 8.32 Å². The lowest BCUT2D eigenvalue weighted by molar-refractivity contribution is 0.197. The van der Waals surface area contributed by atoms with Gasteiger partial charge in [0.2, 0.25) is 0 Å². The minimum atomic E-state index is -1.19. The molecule has 2 aliphatic heterocycles. The lowest BCUT2D eigenvalue weighted by atomic mass is 9.83. The SMILES string of the molecule is CC(C)(C)[C@@H]1CO[Si]2(CCCCC2)C1. The summed E-state index contributed by atoms with van der Waals surface area (Å²) in [7, 11) is -1.19. The molecule has 0 amide bonds. The molecule has 0 radical (unpaired) electrons. The number of hydrogen-bond donors (Lipinski definition) is 0. The summed E-state index contributed by atoms with van der Waals surface area (Å²) in [5, 5.41) is 0. The second-order valence-electron chi connectivity index (χ2n) is 6.32. The third kappa shape index (κ3) is 2.06. The molecule has 14 heavy (non-hydrogen) atoms. The maximum absolute atomic E-state index is 6.26. The highest BCUT2D eigenvalue weighted by Crippen LogP contribution is 2.45. The van der Waals surface area contributed by atoms with E-state index in [-0.39, 0.29) is 0 Å². The van der Waals surface area contributed by atoms with Crippen LogP contribution in [0.3, 0.4) is 0 Å². The number of hydrogen-bond acceptors (Lipinski definition) is 1. The van der Waals surface area contributed by atoms with E-state index in [9.17, 15) is 0 Å². The van der Waals surface area contributed by atoms with E-state index in [2.05, 4.69) is 20.8 Å².